The van der Waals surface area contributed by atoms with Crippen molar-refractivity contribution in [2.75, 3.05) is 6.54 Å². The molecule has 0 radical (unpaired) electrons. The summed E-state index contributed by atoms with van der Waals surface area (Å²) in [5.41, 5.74) is 6.65. The summed E-state index contributed by atoms with van der Waals surface area (Å²) in [7, 11) is 0. The molecule has 0 atom stereocenters. The zero-order valence-corrected chi connectivity index (χ0v) is 10.1. The van der Waals surface area contributed by atoms with Gasteiger partial charge in [0.15, 0.2) is 5.82 Å². The maximum absolute atomic E-state index is 11.8. The standard InChI is InChI=1S/C13H12N4O2/c14-7-1-2-10-3-5-11(6-4-10)13(18)15-8-12-16-9-19-17-12/h3-6,9H,7-8,14H2,(H,15,18). The van der Waals surface area contributed by atoms with Crippen LogP contribution in [0.15, 0.2) is 35.2 Å². The van der Waals surface area contributed by atoms with Gasteiger partial charge in [0.1, 0.15) is 0 Å². The molecule has 0 unspecified atom stereocenters. The van der Waals surface area contributed by atoms with Gasteiger partial charge in [0.2, 0.25) is 6.39 Å². The van der Waals surface area contributed by atoms with E-state index in [0.717, 1.165) is 5.56 Å². The van der Waals surface area contributed by atoms with Crippen molar-refractivity contribution < 1.29 is 9.32 Å². The number of nitrogens with one attached hydrogen (secondary N) is 1. The van der Waals surface area contributed by atoms with Gasteiger partial charge in [-0.25, -0.2) is 0 Å². The molecule has 1 amide bonds. The summed E-state index contributed by atoms with van der Waals surface area (Å²) in [6.07, 6.45) is 1.21. The van der Waals surface area contributed by atoms with Crippen LogP contribution in [-0.4, -0.2) is 22.6 Å². The van der Waals surface area contributed by atoms with E-state index in [0.29, 0.717) is 17.9 Å². The highest BCUT2D eigenvalue weighted by atomic mass is 16.5. The lowest BCUT2D eigenvalue weighted by Gasteiger charge is -2.02. The van der Waals surface area contributed by atoms with Gasteiger partial charge in [-0.05, 0) is 24.3 Å². The predicted molar refractivity (Wildman–Crippen MR) is 67.8 cm³/mol. The van der Waals surface area contributed by atoms with Gasteiger partial charge in [-0.1, -0.05) is 17.0 Å². The minimum Gasteiger partial charge on any atom is -0.345 e. The SMILES string of the molecule is NCC#Cc1ccc(C(=O)NCc2ncon2)cc1. The molecule has 3 N–H and O–H groups in total. The Bertz CT molecular complexity index is 594. The highest BCUT2D eigenvalue weighted by Gasteiger charge is 2.06. The first-order valence-electron chi connectivity index (χ1n) is 5.62. The van der Waals surface area contributed by atoms with Crippen molar-refractivity contribution in [1.82, 2.24) is 15.5 Å². The van der Waals surface area contributed by atoms with Crippen LogP contribution in [0.5, 0.6) is 0 Å². The number of aromatic nitrogens is 2. The summed E-state index contributed by atoms with van der Waals surface area (Å²) in [5, 5.41) is 6.28. The van der Waals surface area contributed by atoms with E-state index in [2.05, 4.69) is 31.8 Å². The molecule has 0 spiro atoms. The Labute approximate surface area is 110 Å². The van der Waals surface area contributed by atoms with Crippen LogP contribution in [0.4, 0.5) is 0 Å². The van der Waals surface area contributed by atoms with Crippen molar-refractivity contribution in [3.63, 3.8) is 0 Å². The van der Waals surface area contributed by atoms with Crippen molar-refractivity contribution >= 4 is 5.91 Å². The fourth-order valence-electron chi connectivity index (χ4n) is 1.39. The molecule has 1 heterocycles. The first kappa shape index (κ1) is 12.8. The first-order chi connectivity index (χ1) is 9.29. The third kappa shape index (κ3) is 3.66. The number of nitrogens with two attached hydrogens (primary N) is 1. The van der Waals surface area contributed by atoms with Crippen molar-refractivity contribution in [3.8, 4) is 11.8 Å². The molecule has 0 bridgehead atoms. The molecule has 6 heteroatoms. The van der Waals surface area contributed by atoms with Gasteiger partial charge in [0.05, 0.1) is 13.1 Å². The highest BCUT2D eigenvalue weighted by Crippen LogP contribution is 2.03. The molecule has 2 rings (SSSR count). The number of hydrogen-bond donors (Lipinski definition) is 2. The average molecular weight is 256 g/mol. The molecule has 1 aromatic heterocycles. The second-order valence-electron chi connectivity index (χ2n) is 3.61. The van der Waals surface area contributed by atoms with Gasteiger partial charge >= 0.3 is 0 Å². The Morgan fingerprint density at radius 1 is 1.37 bits per heavy atom. The number of carbonyl (C=O) groups excluding carboxylic acids is 1. The Kier molecular flexibility index (Phi) is 4.26. The lowest BCUT2D eigenvalue weighted by atomic mass is 10.1. The Hall–Kier alpha value is -2.65. The molecule has 96 valence electrons. The van der Waals surface area contributed by atoms with Crippen LogP contribution in [0.25, 0.3) is 0 Å². The number of carbonyl (C=O) groups is 1. The Morgan fingerprint density at radius 2 is 2.16 bits per heavy atom. The van der Waals surface area contributed by atoms with Crippen molar-refractivity contribution in [2.24, 2.45) is 5.73 Å². The minimum atomic E-state index is -0.205. The molecule has 1 aromatic carbocycles. The van der Waals surface area contributed by atoms with E-state index in [9.17, 15) is 4.79 Å². The van der Waals surface area contributed by atoms with E-state index in [4.69, 9.17) is 5.73 Å². The molecule has 6 nitrogen and oxygen atoms in total. The van der Waals surface area contributed by atoms with E-state index in [1.807, 2.05) is 0 Å². The zero-order valence-electron chi connectivity index (χ0n) is 10.1. The molecular formula is C13H12N4O2. The lowest BCUT2D eigenvalue weighted by Crippen LogP contribution is -2.23. The molecule has 0 saturated carbocycles. The summed E-state index contributed by atoms with van der Waals surface area (Å²) < 4.78 is 4.57. The predicted octanol–water partition coefficient (Wildman–Crippen LogP) is 0.310. The number of hydrogen-bond acceptors (Lipinski definition) is 5. The molecule has 0 fully saturated rings. The molecule has 0 aliphatic rings. The van der Waals surface area contributed by atoms with Gasteiger partial charge in [-0.2, -0.15) is 4.98 Å². The van der Waals surface area contributed by atoms with Crippen LogP contribution < -0.4 is 11.1 Å². The topological polar surface area (TPSA) is 94.0 Å². The lowest BCUT2D eigenvalue weighted by molar-refractivity contribution is 0.0949. The van der Waals surface area contributed by atoms with Crippen LogP contribution in [0.3, 0.4) is 0 Å². The molecule has 19 heavy (non-hydrogen) atoms. The smallest absolute Gasteiger partial charge is 0.251 e. The van der Waals surface area contributed by atoms with Crippen LogP contribution in [-0.2, 0) is 6.54 Å². The summed E-state index contributed by atoms with van der Waals surface area (Å²) in [6.45, 7) is 0.539. The van der Waals surface area contributed by atoms with E-state index in [-0.39, 0.29) is 12.5 Å². The monoisotopic (exact) mass is 256 g/mol. The number of nitrogens with zero attached hydrogens (tertiary/aromatic N) is 2. The van der Waals surface area contributed by atoms with Crippen LogP contribution in [0.2, 0.25) is 0 Å². The number of amides is 1. The fraction of sp³-hybridized carbons (Fsp3) is 0.154. The Balaban J connectivity index is 1.95. The summed E-state index contributed by atoms with van der Waals surface area (Å²) in [5.74, 6) is 5.86. The largest absolute Gasteiger partial charge is 0.345 e. The highest BCUT2D eigenvalue weighted by molar-refractivity contribution is 5.94. The van der Waals surface area contributed by atoms with Gasteiger partial charge < -0.3 is 15.6 Å². The van der Waals surface area contributed by atoms with Crippen LogP contribution >= 0.6 is 0 Å². The van der Waals surface area contributed by atoms with Gasteiger partial charge in [-0.15, -0.1) is 0 Å². The van der Waals surface area contributed by atoms with Crippen LogP contribution in [0, 0.1) is 11.8 Å². The number of rotatable bonds is 3. The van der Waals surface area contributed by atoms with Gasteiger partial charge in [0, 0.05) is 11.1 Å². The molecular weight excluding hydrogens is 244 g/mol. The van der Waals surface area contributed by atoms with E-state index in [1.165, 1.54) is 6.39 Å². The third-order valence-corrected chi connectivity index (χ3v) is 2.30. The summed E-state index contributed by atoms with van der Waals surface area (Å²) in [4.78, 5) is 15.6. The van der Waals surface area contributed by atoms with E-state index >= 15 is 0 Å². The van der Waals surface area contributed by atoms with E-state index in [1.54, 1.807) is 24.3 Å². The Morgan fingerprint density at radius 3 is 2.79 bits per heavy atom. The number of benzene rings is 1. The third-order valence-electron chi connectivity index (χ3n) is 2.30. The summed E-state index contributed by atoms with van der Waals surface area (Å²) >= 11 is 0. The normalized spacial score (nSPS) is 9.53. The van der Waals surface area contributed by atoms with Crippen molar-refractivity contribution in [1.29, 1.82) is 0 Å². The quantitative estimate of drug-likeness (QED) is 0.771. The van der Waals surface area contributed by atoms with Crippen molar-refractivity contribution in [3.05, 3.63) is 47.6 Å². The van der Waals surface area contributed by atoms with Crippen molar-refractivity contribution in [2.45, 2.75) is 6.54 Å². The summed E-state index contributed by atoms with van der Waals surface area (Å²) in [6, 6.07) is 6.94. The average Bonchev–Trinajstić information content (AvgIpc) is 2.96. The second kappa shape index (κ2) is 6.33. The maximum Gasteiger partial charge on any atom is 0.251 e. The maximum atomic E-state index is 11.8. The second-order valence-corrected chi connectivity index (χ2v) is 3.61. The molecule has 2 aromatic rings. The zero-order chi connectivity index (χ0) is 13.5. The first-order valence-corrected chi connectivity index (χ1v) is 5.62. The molecule has 0 saturated heterocycles. The molecule has 0 aliphatic carbocycles. The van der Waals surface area contributed by atoms with Gasteiger partial charge in [0.25, 0.3) is 5.91 Å². The minimum absolute atomic E-state index is 0.205. The fourth-order valence-corrected chi connectivity index (χ4v) is 1.39. The molecule has 0 aliphatic heterocycles. The van der Waals surface area contributed by atoms with Gasteiger partial charge in [-0.3, -0.25) is 4.79 Å². The van der Waals surface area contributed by atoms with E-state index < -0.39 is 0 Å². The van der Waals surface area contributed by atoms with Crippen LogP contribution in [0.1, 0.15) is 21.7 Å².